The first-order valence-corrected chi connectivity index (χ1v) is 12.8. The van der Waals surface area contributed by atoms with Gasteiger partial charge >= 0.3 is 0 Å². The molecule has 3 rings (SSSR count). The molecule has 7 heteroatoms. The van der Waals surface area contributed by atoms with Crippen LogP contribution in [0.5, 0.6) is 0 Å². The van der Waals surface area contributed by atoms with Crippen LogP contribution in [0.3, 0.4) is 0 Å². The number of amides is 1. The Kier molecular flexibility index (Phi) is 7.93. The van der Waals surface area contributed by atoms with Gasteiger partial charge in [0.15, 0.2) is 0 Å². The fraction of sp³-hybridized carbons (Fsp3) is 0.696. The quantitative estimate of drug-likeness (QED) is 0.715. The number of aryl methyl sites for hydroxylation is 2. The molecule has 1 aromatic rings. The highest BCUT2D eigenvalue weighted by molar-refractivity contribution is 7.89. The number of hydrogen-bond donors (Lipinski definition) is 1. The lowest BCUT2D eigenvalue weighted by Gasteiger charge is -2.31. The summed E-state index contributed by atoms with van der Waals surface area (Å²) in [4.78, 5) is 15.5. The second kappa shape index (κ2) is 10.2. The van der Waals surface area contributed by atoms with Gasteiger partial charge in [-0.25, -0.2) is 8.42 Å². The first-order valence-electron chi connectivity index (χ1n) is 11.3. The van der Waals surface area contributed by atoms with Crippen molar-refractivity contribution in [1.82, 2.24) is 14.5 Å². The summed E-state index contributed by atoms with van der Waals surface area (Å²) in [6, 6.07) is 5.28. The Bertz CT molecular complexity index is 826. The van der Waals surface area contributed by atoms with Crippen LogP contribution in [0.1, 0.15) is 50.2 Å². The Hall–Kier alpha value is -1.44. The van der Waals surface area contributed by atoms with Crippen LogP contribution in [0.15, 0.2) is 23.1 Å². The van der Waals surface area contributed by atoms with Crippen LogP contribution in [0, 0.1) is 25.7 Å². The van der Waals surface area contributed by atoms with Crippen molar-refractivity contribution >= 4 is 15.9 Å². The lowest BCUT2D eigenvalue weighted by atomic mass is 9.97. The summed E-state index contributed by atoms with van der Waals surface area (Å²) in [5.41, 5.74) is 2.06. The number of piperidine rings is 2. The molecule has 2 fully saturated rings. The maximum atomic E-state index is 13.0. The molecule has 6 nitrogen and oxygen atoms in total. The van der Waals surface area contributed by atoms with Gasteiger partial charge in [0, 0.05) is 32.1 Å². The number of rotatable bonds is 7. The monoisotopic (exact) mass is 435 g/mol. The van der Waals surface area contributed by atoms with E-state index in [4.69, 9.17) is 0 Å². The molecular formula is C23H37N3O3S. The standard InChI is InChI=1S/C23H37N3O3S/c1-18(17-25-11-5-4-6-12-25)16-24-23(27)21-9-13-26(14-10-21)30(28,29)22-8-7-19(2)20(3)15-22/h7-8,15,18,21H,4-6,9-14,16-17H2,1-3H3,(H,24,27)/t18-/m1/s1. The third kappa shape index (κ3) is 5.83. The van der Waals surface area contributed by atoms with Gasteiger partial charge in [0.25, 0.3) is 0 Å². The van der Waals surface area contributed by atoms with Crippen molar-refractivity contribution in [2.24, 2.45) is 11.8 Å². The van der Waals surface area contributed by atoms with Gasteiger partial charge in [-0.2, -0.15) is 4.31 Å². The van der Waals surface area contributed by atoms with Crippen LogP contribution < -0.4 is 5.32 Å². The Morgan fingerprint density at radius 2 is 1.73 bits per heavy atom. The predicted octanol–water partition coefficient (Wildman–Crippen LogP) is 2.94. The van der Waals surface area contributed by atoms with Crippen LogP contribution in [0.25, 0.3) is 0 Å². The van der Waals surface area contributed by atoms with Gasteiger partial charge in [-0.05, 0) is 81.8 Å². The second-order valence-corrected chi connectivity index (χ2v) is 11.1. The smallest absolute Gasteiger partial charge is 0.243 e. The average Bonchev–Trinajstić information content (AvgIpc) is 2.74. The van der Waals surface area contributed by atoms with E-state index >= 15 is 0 Å². The molecule has 2 aliphatic rings. The summed E-state index contributed by atoms with van der Waals surface area (Å²) in [6.45, 7) is 11.0. The second-order valence-electron chi connectivity index (χ2n) is 9.14. The van der Waals surface area contributed by atoms with Crippen molar-refractivity contribution in [1.29, 1.82) is 0 Å². The van der Waals surface area contributed by atoms with Crippen LogP contribution in [0.2, 0.25) is 0 Å². The molecule has 0 unspecified atom stereocenters. The number of benzene rings is 1. The summed E-state index contributed by atoms with van der Waals surface area (Å²) >= 11 is 0. The predicted molar refractivity (Wildman–Crippen MR) is 120 cm³/mol. The molecule has 168 valence electrons. The molecule has 1 aromatic carbocycles. The van der Waals surface area contributed by atoms with Gasteiger partial charge in [-0.15, -0.1) is 0 Å². The molecule has 30 heavy (non-hydrogen) atoms. The van der Waals surface area contributed by atoms with E-state index < -0.39 is 10.0 Å². The topological polar surface area (TPSA) is 69.7 Å². The largest absolute Gasteiger partial charge is 0.356 e. The molecule has 0 radical (unpaired) electrons. The lowest BCUT2D eigenvalue weighted by molar-refractivity contribution is -0.126. The third-order valence-corrected chi connectivity index (χ3v) is 8.48. The van der Waals surface area contributed by atoms with Crippen LogP contribution >= 0.6 is 0 Å². The normalized spacial score (nSPS) is 20.8. The first-order chi connectivity index (χ1) is 14.3. The highest BCUT2D eigenvalue weighted by atomic mass is 32.2. The summed E-state index contributed by atoms with van der Waals surface area (Å²) in [5, 5.41) is 3.11. The number of nitrogens with one attached hydrogen (secondary N) is 1. The fourth-order valence-electron chi connectivity index (χ4n) is 4.45. The molecule has 2 saturated heterocycles. The molecule has 0 bridgehead atoms. The van der Waals surface area contributed by atoms with Gasteiger partial charge in [-0.1, -0.05) is 19.4 Å². The molecule has 2 aliphatic heterocycles. The summed E-state index contributed by atoms with van der Waals surface area (Å²) in [6.07, 6.45) is 5.05. The maximum Gasteiger partial charge on any atom is 0.243 e. The zero-order valence-electron chi connectivity index (χ0n) is 18.7. The lowest BCUT2D eigenvalue weighted by Crippen LogP contribution is -2.44. The highest BCUT2D eigenvalue weighted by Crippen LogP contribution is 2.25. The van der Waals surface area contributed by atoms with Crippen LogP contribution in [0.4, 0.5) is 0 Å². The van der Waals surface area contributed by atoms with Crippen molar-refractivity contribution in [2.75, 3.05) is 39.3 Å². The van der Waals surface area contributed by atoms with E-state index in [1.165, 1.54) is 36.7 Å². The first kappa shape index (κ1) is 23.2. The minimum absolute atomic E-state index is 0.0729. The van der Waals surface area contributed by atoms with Crippen LogP contribution in [-0.2, 0) is 14.8 Å². The van der Waals surface area contributed by atoms with Crippen molar-refractivity contribution in [3.8, 4) is 0 Å². The molecule has 0 spiro atoms. The number of nitrogens with zero attached hydrogens (tertiary/aromatic N) is 2. The van der Waals surface area contributed by atoms with E-state index in [9.17, 15) is 13.2 Å². The zero-order chi connectivity index (χ0) is 21.7. The summed E-state index contributed by atoms with van der Waals surface area (Å²) < 4.78 is 27.4. The van der Waals surface area contributed by atoms with E-state index in [-0.39, 0.29) is 11.8 Å². The Morgan fingerprint density at radius 1 is 1.07 bits per heavy atom. The summed E-state index contributed by atoms with van der Waals surface area (Å²) in [7, 11) is -3.50. The molecule has 1 N–H and O–H groups in total. The average molecular weight is 436 g/mol. The van der Waals surface area contributed by atoms with Crippen molar-refractivity contribution < 1.29 is 13.2 Å². The van der Waals surface area contributed by atoms with Crippen molar-refractivity contribution in [2.45, 2.75) is 57.8 Å². The highest BCUT2D eigenvalue weighted by Gasteiger charge is 2.32. The maximum absolute atomic E-state index is 13.0. The fourth-order valence-corrected chi connectivity index (χ4v) is 6.00. The third-order valence-electron chi connectivity index (χ3n) is 6.58. The molecule has 0 aromatic heterocycles. The minimum Gasteiger partial charge on any atom is -0.356 e. The molecule has 0 saturated carbocycles. The Morgan fingerprint density at radius 3 is 2.37 bits per heavy atom. The van der Waals surface area contributed by atoms with E-state index in [2.05, 4.69) is 17.1 Å². The number of likely N-dealkylation sites (tertiary alicyclic amines) is 1. The van der Waals surface area contributed by atoms with Gasteiger partial charge < -0.3 is 10.2 Å². The van der Waals surface area contributed by atoms with Gasteiger partial charge in [0.05, 0.1) is 4.90 Å². The number of sulfonamides is 1. The van der Waals surface area contributed by atoms with E-state index in [1.807, 2.05) is 19.9 Å². The Balaban J connectivity index is 1.46. The zero-order valence-corrected chi connectivity index (χ0v) is 19.5. The minimum atomic E-state index is -3.50. The Labute approximate surface area is 182 Å². The van der Waals surface area contributed by atoms with E-state index in [1.54, 1.807) is 12.1 Å². The number of carbonyl (C=O) groups excluding carboxylic acids is 1. The number of hydrogen-bond acceptors (Lipinski definition) is 4. The molecule has 1 amide bonds. The van der Waals surface area contributed by atoms with E-state index in [0.29, 0.717) is 43.3 Å². The summed E-state index contributed by atoms with van der Waals surface area (Å²) in [5.74, 6) is 0.402. The SMILES string of the molecule is Cc1ccc(S(=O)(=O)N2CCC(C(=O)NC[C@@H](C)CN3CCCCC3)CC2)cc1C. The molecule has 2 heterocycles. The van der Waals surface area contributed by atoms with E-state index in [0.717, 1.165) is 17.7 Å². The molecular weight excluding hydrogens is 398 g/mol. The molecule has 0 aliphatic carbocycles. The molecule has 1 atom stereocenters. The van der Waals surface area contributed by atoms with Gasteiger partial charge in [0.1, 0.15) is 0 Å². The van der Waals surface area contributed by atoms with Crippen LogP contribution in [-0.4, -0.2) is 62.8 Å². The van der Waals surface area contributed by atoms with Crippen molar-refractivity contribution in [3.63, 3.8) is 0 Å². The van der Waals surface area contributed by atoms with Gasteiger partial charge in [-0.3, -0.25) is 4.79 Å². The van der Waals surface area contributed by atoms with Gasteiger partial charge in [0.2, 0.25) is 15.9 Å². The number of carbonyl (C=O) groups is 1. The van der Waals surface area contributed by atoms with Crippen molar-refractivity contribution in [3.05, 3.63) is 29.3 Å².